The maximum atomic E-state index is 11.9. The number of ether oxygens (including phenoxy) is 3. The number of carbonyl (C=O) groups excluding carboxylic acids is 2. The fourth-order valence-electron chi connectivity index (χ4n) is 2.22. The molecule has 0 aliphatic carbocycles. The lowest BCUT2D eigenvalue weighted by atomic mass is 9.91. The normalized spacial score (nSPS) is 23.6. The zero-order valence-corrected chi connectivity index (χ0v) is 14.1. The number of esters is 1. The first-order valence-corrected chi connectivity index (χ1v) is 7.42. The van der Waals surface area contributed by atoms with Gasteiger partial charge in [-0.25, -0.2) is 9.59 Å². The van der Waals surface area contributed by atoms with Gasteiger partial charge in [-0.15, -0.1) is 0 Å². The molecule has 1 fully saturated rings. The second-order valence-electron chi connectivity index (χ2n) is 7.00. The highest BCUT2D eigenvalue weighted by atomic mass is 16.7. The summed E-state index contributed by atoms with van der Waals surface area (Å²) in [5.41, 5.74) is -2.03. The highest BCUT2D eigenvalue weighted by molar-refractivity contribution is 5.83. The van der Waals surface area contributed by atoms with Crippen molar-refractivity contribution in [2.24, 2.45) is 5.92 Å². The van der Waals surface area contributed by atoms with Gasteiger partial charge in [-0.05, 0) is 33.1 Å². The van der Waals surface area contributed by atoms with E-state index in [1.54, 1.807) is 20.8 Å². The van der Waals surface area contributed by atoms with Crippen molar-refractivity contribution in [3.05, 3.63) is 0 Å². The van der Waals surface area contributed by atoms with E-state index < -0.39 is 35.4 Å². The standard InChI is InChI=1S/C15H27NO6/c1-9(2)7-10(16-13(19)22-14(3,4)5)11(17)15(8-21-15)12(18)20-6/h9-11,17H,7-8H2,1-6H3,(H,16,19). The van der Waals surface area contributed by atoms with Crippen LogP contribution in [0.3, 0.4) is 0 Å². The first kappa shape index (κ1) is 18.7. The molecule has 2 N–H and O–H groups in total. The van der Waals surface area contributed by atoms with Gasteiger partial charge in [-0.2, -0.15) is 0 Å². The number of hydrogen-bond acceptors (Lipinski definition) is 6. The maximum absolute atomic E-state index is 11.9. The van der Waals surface area contributed by atoms with Crippen LogP contribution in [0.15, 0.2) is 0 Å². The van der Waals surface area contributed by atoms with Crippen molar-refractivity contribution >= 4 is 12.1 Å². The van der Waals surface area contributed by atoms with Crippen molar-refractivity contribution in [2.75, 3.05) is 13.7 Å². The molecule has 1 aliphatic rings. The van der Waals surface area contributed by atoms with Crippen LogP contribution in [0.1, 0.15) is 41.0 Å². The molecule has 1 saturated heterocycles. The number of rotatable bonds is 6. The number of carbonyl (C=O) groups is 2. The Morgan fingerprint density at radius 1 is 1.36 bits per heavy atom. The van der Waals surface area contributed by atoms with Gasteiger partial charge in [0.1, 0.15) is 11.7 Å². The summed E-state index contributed by atoms with van der Waals surface area (Å²) in [6.45, 7) is 9.23. The van der Waals surface area contributed by atoms with Gasteiger partial charge in [0.15, 0.2) is 0 Å². The minimum absolute atomic E-state index is 0.0748. The van der Waals surface area contributed by atoms with E-state index in [-0.39, 0.29) is 12.5 Å². The quantitative estimate of drug-likeness (QED) is 0.565. The van der Waals surface area contributed by atoms with E-state index in [4.69, 9.17) is 9.47 Å². The van der Waals surface area contributed by atoms with Crippen LogP contribution >= 0.6 is 0 Å². The Hall–Kier alpha value is -1.34. The molecule has 3 atom stereocenters. The first-order valence-electron chi connectivity index (χ1n) is 7.42. The minimum Gasteiger partial charge on any atom is -0.467 e. The van der Waals surface area contributed by atoms with Crippen LogP contribution < -0.4 is 5.32 Å². The van der Waals surface area contributed by atoms with E-state index in [1.807, 2.05) is 13.8 Å². The van der Waals surface area contributed by atoms with E-state index in [1.165, 1.54) is 7.11 Å². The van der Waals surface area contributed by atoms with Crippen molar-refractivity contribution in [1.29, 1.82) is 0 Å². The predicted molar refractivity (Wildman–Crippen MR) is 79.3 cm³/mol. The second kappa shape index (κ2) is 6.83. The van der Waals surface area contributed by atoms with Crippen LogP contribution in [-0.2, 0) is 19.0 Å². The fraction of sp³-hybridized carbons (Fsp3) is 0.867. The van der Waals surface area contributed by atoms with E-state index in [2.05, 4.69) is 10.1 Å². The summed E-state index contributed by atoms with van der Waals surface area (Å²) in [6.07, 6.45) is -1.37. The largest absolute Gasteiger partial charge is 0.467 e. The van der Waals surface area contributed by atoms with Crippen LogP contribution in [0.4, 0.5) is 4.79 Å². The van der Waals surface area contributed by atoms with Crippen LogP contribution in [0.5, 0.6) is 0 Å². The number of nitrogens with one attached hydrogen (secondary N) is 1. The molecule has 1 heterocycles. The van der Waals surface area contributed by atoms with Gasteiger partial charge < -0.3 is 24.6 Å². The number of hydrogen-bond donors (Lipinski definition) is 2. The molecule has 0 aromatic carbocycles. The van der Waals surface area contributed by atoms with Crippen molar-refractivity contribution < 1.29 is 28.9 Å². The molecule has 0 aromatic rings. The molecular formula is C15H27NO6. The van der Waals surface area contributed by atoms with Gasteiger partial charge in [-0.3, -0.25) is 0 Å². The van der Waals surface area contributed by atoms with Gasteiger partial charge in [0.05, 0.1) is 19.8 Å². The minimum atomic E-state index is -1.39. The molecule has 0 spiro atoms. The van der Waals surface area contributed by atoms with Crippen molar-refractivity contribution in [2.45, 2.75) is 64.4 Å². The van der Waals surface area contributed by atoms with Crippen LogP contribution in [0.2, 0.25) is 0 Å². The van der Waals surface area contributed by atoms with Crippen molar-refractivity contribution in [3.8, 4) is 0 Å². The van der Waals surface area contributed by atoms with Crippen molar-refractivity contribution in [3.63, 3.8) is 0 Å². The summed E-state index contributed by atoms with van der Waals surface area (Å²) in [5.74, 6) is -0.442. The van der Waals surface area contributed by atoms with Gasteiger partial charge >= 0.3 is 12.1 Å². The van der Waals surface area contributed by atoms with Crippen LogP contribution in [-0.4, -0.2) is 54.2 Å². The Morgan fingerprint density at radius 2 is 1.91 bits per heavy atom. The van der Waals surface area contributed by atoms with Gasteiger partial charge in [0.25, 0.3) is 0 Å². The molecule has 1 aliphatic heterocycles. The van der Waals surface area contributed by atoms with E-state index in [9.17, 15) is 14.7 Å². The molecule has 0 radical (unpaired) electrons. The summed E-state index contributed by atoms with van der Waals surface area (Å²) in [5, 5.41) is 13.1. The zero-order valence-electron chi connectivity index (χ0n) is 14.1. The molecule has 7 heteroatoms. The smallest absolute Gasteiger partial charge is 0.407 e. The summed E-state index contributed by atoms with van der Waals surface area (Å²) in [6, 6.07) is -0.670. The third kappa shape index (κ3) is 4.84. The van der Waals surface area contributed by atoms with Crippen LogP contribution in [0.25, 0.3) is 0 Å². The summed E-state index contributed by atoms with van der Waals surface area (Å²) < 4.78 is 15.0. The highest BCUT2D eigenvalue weighted by Gasteiger charge is 2.61. The average Bonchev–Trinajstić information content (AvgIpc) is 3.14. The Kier molecular flexibility index (Phi) is 5.81. The maximum Gasteiger partial charge on any atom is 0.407 e. The monoisotopic (exact) mass is 317 g/mol. The van der Waals surface area contributed by atoms with Gasteiger partial charge in [0.2, 0.25) is 5.60 Å². The predicted octanol–water partition coefficient (Wildman–Crippen LogP) is 1.23. The van der Waals surface area contributed by atoms with E-state index in [0.29, 0.717) is 6.42 Å². The molecular weight excluding hydrogens is 290 g/mol. The zero-order chi connectivity index (χ0) is 17.1. The third-order valence-electron chi connectivity index (χ3n) is 3.27. The van der Waals surface area contributed by atoms with E-state index >= 15 is 0 Å². The molecule has 0 aromatic heterocycles. The lowest BCUT2D eigenvalue weighted by molar-refractivity contribution is -0.152. The summed E-state index contributed by atoms with van der Waals surface area (Å²) >= 11 is 0. The fourth-order valence-corrected chi connectivity index (χ4v) is 2.22. The molecule has 1 rings (SSSR count). The number of amides is 1. The summed E-state index contributed by atoms with van der Waals surface area (Å²) in [4.78, 5) is 23.7. The molecule has 128 valence electrons. The average molecular weight is 317 g/mol. The Morgan fingerprint density at radius 3 is 2.27 bits per heavy atom. The lowest BCUT2D eigenvalue weighted by Gasteiger charge is -2.29. The molecule has 1 amide bonds. The Balaban J connectivity index is 2.80. The number of methoxy groups -OCH3 is 1. The highest BCUT2D eigenvalue weighted by Crippen LogP contribution is 2.35. The third-order valence-corrected chi connectivity index (χ3v) is 3.27. The van der Waals surface area contributed by atoms with Crippen molar-refractivity contribution in [1.82, 2.24) is 5.32 Å². The lowest BCUT2D eigenvalue weighted by Crippen LogP contribution is -2.54. The number of aliphatic hydroxyl groups excluding tert-OH is 1. The van der Waals surface area contributed by atoms with Crippen LogP contribution in [0, 0.1) is 5.92 Å². The molecule has 0 bridgehead atoms. The second-order valence-corrected chi connectivity index (χ2v) is 7.00. The topological polar surface area (TPSA) is 97.4 Å². The molecule has 7 nitrogen and oxygen atoms in total. The van der Waals surface area contributed by atoms with Gasteiger partial charge in [0, 0.05) is 0 Å². The molecule has 3 unspecified atom stereocenters. The number of epoxide rings is 1. The van der Waals surface area contributed by atoms with E-state index in [0.717, 1.165) is 0 Å². The Bertz CT molecular complexity index is 411. The SMILES string of the molecule is COC(=O)C1(C(O)C(CC(C)C)NC(=O)OC(C)(C)C)CO1. The van der Waals surface area contributed by atoms with Gasteiger partial charge in [-0.1, -0.05) is 13.8 Å². The first-order chi connectivity index (χ1) is 10.0. The Labute approximate surface area is 131 Å². The number of aliphatic hydroxyl groups is 1. The molecule has 0 saturated carbocycles. The molecule has 22 heavy (non-hydrogen) atoms. The number of alkyl carbamates (subject to hydrolysis) is 1. The summed E-state index contributed by atoms with van der Waals surface area (Å²) in [7, 11) is 1.23.